The highest BCUT2D eigenvalue weighted by atomic mass is 32.2. The molecule has 27 heavy (non-hydrogen) atoms. The Kier molecular flexibility index (Phi) is 13.1. The van der Waals surface area contributed by atoms with Gasteiger partial charge in [0.05, 0.1) is 32.7 Å². The van der Waals surface area contributed by atoms with Crippen LogP contribution in [0.15, 0.2) is 0 Å². The average Bonchev–Trinajstić information content (AvgIpc) is 2.64. The molecule has 1 rings (SSSR count). The first-order valence-corrected chi connectivity index (χ1v) is 11.9. The molecule has 0 unspecified atom stereocenters. The van der Waals surface area contributed by atoms with Crippen molar-refractivity contribution < 1.29 is 22.2 Å². The number of β-lactam (4-membered cyclic amide) rings is 1. The molecule has 1 atom stereocenters. The van der Waals surface area contributed by atoms with E-state index < -0.39 is 22.3 Å². The van der Waals surface area contributed by atoms with Crippen molar-refractivity contribution in [3.63, 3.8) is 0 Å². The highest BCUT2D eigenvalue weighted by Gasteiger charge is 2.37. The summed E-state index contributed by atoms with van der Waals surface area (Å²) in [6, 6.07) is -0.816. The van der Waals surface area contributed by atoms with Crippen molar-refractivity contribution >= 4 is 16.2 Å². The van der Waals surface area contributed by atoms with Gasteiger partial charge in [-0.25, -0.2) is 12.7 Å². The molecule has 0 aliphatic carbocycles. The molecular weight excluding hydrogens is 366 g/mol. The Labute approximate surface area is 166 Å². The van der Waals surface area contributed by atoms with Crippen molar-refractivity contribution in [1.29, 1.82) is 0 Å². The van der Waals surface area contributed by atoms with Gasteiger partial charge in [-0.15, -0.1) is 0 Å². The quantitative estimate of drug-likeness (QED) is 0.287. The van der Waals surface area contributed by atoms with Crippen LogP contribution in [0.5, 0.6) is 0 Å². The fourth-order valence-corrected chi connectivity index (χ4v) is 3.96. The Hall–Kier alpha value is -0.700. The first kappa shape index (κ1) is 26.3. The number of amides is 1. The molecule has 1 aliphatic rings. The van der Waals surface area contributed by atoms with Gasteiger partial charge in [-0.2, -0.15) is 0 Å². The van der Waals surface area contributed by atoms with Gasteiger partial charge in [-0.05, 0) is 25.7 Å². The van der Waals surface area contributed by atoms with E-state index in [2.05, 4.69) is 27.7 Å². The van der Waals surface area contributed by atoms with Crippen molar-refractivity contribution in [3.8, 4) is 0 Å². The molecule has 0 aromatic rings. The smallest absolute Gasteiger partial charge is 0.254 e. The van der Waals surface area contributed by atoms with Gasteiger partial charge < -0.3 is 14.8 Å². The summed E-state index contributed by atoms with van der Waals surface area (Å²) in [7, 11) is -4.59. The van der Waals surface area contributed by atoms with E-state index in [1.165, 1.54) is 82.0 Å². The zero-order chi connectivity index (χ0) is 20.9. The number of nitrogens with zero attached hydrogens (tertiary/aromatic N) is 2. The van der Waals surface area contributed by atoms with Crippen molar-refractivity contribution in [1.82, 2.24) is 4.31 Å². The number of nitrogens with two attached hydrogens (primary N) is 1. The van der Waals surface area contributed by atoms with Gasteiger partial charge >= 0.3 is 0 Å². The lowest BCUT2D eigenvalue weighted by Gasteiger charge is -2.39. The van der Waals surface area contributed by atoms with Crippen LogP contribution in [0.25, 0.3) is 0 Å². The second kappa shape index (κ2) is 13.5. The molecule has 8 heteroatoms. The molecule has 0 radical (unpaired) electrons. The van der Waals surface area contributed by atoms with Crippen LogP contribution in [0.2, 0.25) is 0 Å². The summed E-state index contributed by atoms with van der Waals surface area (Å²) in [5, 5.41) is 0. The minimum absolute atomic E-state index is 0.190. The van der Waals surface area contributed by atoms with Crippen LogP contribution >= 0.6 is 0 Å². The minimum atomic E-state index is -4.59. The van der Waals surface area contributed by atoms with Gasteiger partial charge in [0, 0.05) is 0 Å². The fourth-order valence-electron chi connectivity index (χ4n) is 3.27. The summed E-state index contributed by atoms with van der Waals surface area (Å²) in [5.41, 5.74) is 5.01. The van der Waals surface area contributed by atoms with Crippen LogP contribution in [0.3, 0.4) is 0 Å². The Morgan fingerprint density at radius 2 is 1.26 bits per heavy atom. The molecule has 1 saturated heterocycles. The van der Waals surface area contributed by atoms with Crippen LogP contribution in [-0.2, 0) is 15.1 Å². The number of hydrogen-bond acceptors (Lipinski definition) is 5. The lowest BCUT2D eigenvalue weighted by Crippen LogP contribution is -2.62. The van der Waals surface area contributed by atoms with Crippen LogP contribution in [0, 0.1) is 0 Å². The molecule has 0 aromatic carbocycles. The maximum atomic E-state index is 10.4. The van der Waals surface area contributed by atoms with Crippen molar-refractivity contribution in [2.45, 2.75) is 85.1 Å². The Balaban J connectivity index is 0.000000569. The summed E-state index contributed by atoms with van der Waals surface area (Å²) in [4.78, 5) is 10.4. The first-order chi connectivity index (χ1) is 12.7. The molecule has 1 fully saturated rings. The van der Waals surface area contributed by atoms with E-state index in [0.717, 1.165) is 0 Å². The summed E-state index contributed by atoms with van der Waals surface area (Å²) in [6.07, 6.45) is 11.1. The standard InChI is InChI=1S/C16H36N.C3H6N2O4S/c1-5-9-13-17(14-10-6-2,15-11-7-3)16-12-8-4;4-2-1-5(3(2)6)10(7,8)9/h5-16H2,1-4H3;2H,1,4H2,(H,7,8,9)/q+1;/p-1/t;2-/m.0/s1. The predicted molar refractivity (Wildman–Crippen MR) is 109 cm³/mol. The first-order valence-electron chi connectivity index (χ1n) is 10.6. The van der Waals surface area contributed by atoms with E-state index in [0.29, 0.717) is 0 Å². The summed E-state index contributed by atoms with van der Waals surface area (Å²) in [6.45, 7) is 14.8. The Morgan fingerprint density at radius 3 is 1.41 bits per heavy atom. The molecular formula is C19H41N3O4S. The predicted octanol–water partition coefficient (Wildman–Crippen LogP) is 2.62. The largest absolute Gasteiger partial charge is 0.731 e. The van der Waals surface area contributed by atoms with E-state index >= 15 is 0 Å². The van der Waals surface area contributed by atoms with E-state index in [-0.39, 0.29) is 10.8 Å². The Bertz CT molecular complexity index is 474. The molecule has 7 nitrogen and oxygen atoms in total. The summed E-state index contributed by atoms with van der Waals surface area (Å²) in [5.74, 6) is -0.824. The van der Waals surface area contributed by atoms with Gasteiger partial charge in [0.1, 0.15) is 6.04 Å². The fraction of sp³-hybridized carbons (Fsp3) is 0.947. The SMILES string of the molecule is CCCC[N+](CCCC)(CCCC)CCCC.N[C@H]1CN(S(=O)(=O)[O-])C1=O. The summed E-state index contributed by atoms with van der Waals surface area (Å²) < 4.78 is 31.8. The lowest BCUT2D eigenvalue weighted by atomic mass is 10.1. The zero-order valence-corrected chi connectivity index (χ0v) is 18.6. The second-order valence-electron chi connectivity index (χ2n) is 7.58. The van der Waals surface area contributed by atoms with Gasteiger partial charge in [0.25, 0.3) is 5.91 Å². The van der Waals surface area contributed by atoms with Crippen LogP contribution in [0.1, 0.15) is 79.1 Å². The van der Waals surface area contributed by atoms with Crippen molar-refractivity contribution in [3.05, 3.63) is 0 Å². The maximum Gasteiger partial charge on any atom is 0.254 e. The number of hydrogen-bond donors (Lipinski definition) is 1. The molecule has 0 saturated carbocycles. The number of carbonyl (C=O) groups excluding carboxylic acids is 1. The van der Waals surface area contributed by atoms with E-state index in [1.807, 2.05) is 0 Å². The van der Waals surface area contributed by atoms with E-state index in [9.17, 15) is 17.8 Å². The van der Waals surface area contributed by atoms with Gasteiger partial charge in [-0.3, -0.25) is 4.79 Å². The van der Waals surface area contributed by atoms with Gasteiger partial charge in [0.15, 0.2) is 10.3 Å². The number of unbranched alkanes of at least 4 members (excludes halogenated alkanes) is 4. The molecule has 1 aliphatic heterocycles. The monoisotopic (exact) mass is 407 g/mol. The van der Waals surface area contributed by atoms with Crippen LogP contribution in [0.4, 0.5) is 0 Å². The molecule has 0 bridgehead atoms. The third kappa shape index (κ3) is 9.87. The highest BCUT2D eigenvalue weighted by Crippen LogP contribution is 2.16. The minimum Gasteiger partial charge on any atom is -0.731 e. The van der Waals surface area contributed by atoms with E-state index in [4.69, 9.17) is 5.73 Å². The number of carbonyl (C=O) groups is 1. The summed E-state index contributed by atoms with van der Waals surface area (Å²) >= 11 is 0. The second-order valence-corrected chi connectivity index (χ2v) is 8.88. The van der Waals surface area contributed by atoms with Gasteiger partial charge in [0.2, 0.25) is 0 Å². The van der Waals surface area contributed by atoms with Crippen molar-refractivity contribution in [2.24, 2.45) is 5.73 Å². The topological polar surface area (TPSA) is 104 Å². The zero-order valence-electron chi connectivity index (χ0n) is 17.8. The normalized spacial score (nSPS) is 17.3. The van der Waals surface area contributed by atoms with Crippen LogP contribution < -0.4 is 5.73 Å². The van der Waals surface area contributed by atoms with Crippen molar-refractivity contribution in [2.75, 3.05) is 32.7 Å². The Morgan fingerprint density at radius 1 is 0.926 bits per heavy atom. The highest BCUT2D eigenvalue weighted by molar-refractivity contribution is 7.84. The number of rotatable bonds is 13. The molecule has 0 aromatic heterocycles. The third-order valence-electron chi connectivity index (χ3n) is 5.14. The molecule has 1 heterocycles. The van der Waals surface area contributed by atoms with E-state index in [1.54, 1.807) is 0 Å². The molecule has 162 valence electrons. The molecule has 2 N–H and O–H groups in total. The van der Waals surface area contributed by atoms with Crippen LogP contribution in [-0.4, -0.2) is 66.4 Å². The average molecular weight is 408 g/mol. The molecule has 1 amide bonds. The van der Waals surface area contributed by atoms with Gasteiger partial charge in [-0.1, -0.05) is 53.4 Å². The number of quaternary nitrogens is 1. The molecule has 0 spiro atoms. The third-order valence-corrected chi connectivity index (χ3v) is 6.01. The lowest BCUT2D eigenvalue weighted by molar-refractivity contribution is -0.929. The maximum absolute atomic E-state index is 10.4.